The van der Waals surface area contributed by atoms with Crippen LogP contribution in [0.4, 0.5) is 0 Å². The van der Waals surface area contributed by atoms with Crippen molar-refractivity contribution in [2.75, 3.05) is 0 Å². The van der Waals surface area contributed by atoms with Crippen LogP contribution < -0.4 is 58.7 Å². The van der Waals surface area contributed by atoms with E-state index < -0.39 is 46.9 Å². The Kier molecular flexibility index (Phi) is 53.0. The van der Waals surface area contributed by atoms with E-state index in [1.54, 1.807) is 0 Å². The van der Waals surface area contributed by atoms with Crippen molar-refractivity contribution < 1.29 is 99.0 Å². The number of hydrogen-bond acceptors (Lipinski definition) is 21. The molecule has 0 fully saturated rings. The molecule has 0 radical (unpaired) electrons. The maximum Gasteiger partial charge on any atom is 2.00 e. The third kappa shape index (κ3) is 85.4. The second kappa shape index (κ2) is 27.3. The first-order chi connectivity index (χ1) is 11.1. The Hall–Kier alpha value is 7.79. The summed E-state index contributed by atoms with van der Waals surface area (Å²) < 4.78 is 63.5. The minimum absolute atomic E-state index is 0. The first-order valence-corrected chi connectivity index (χ1v) is 13.1. The molecule has 0 saturated heterocycles. The van der Waals surface area contributed by atoms with E-state index in [-0.39, 0.29) is 213 Å². The van der Waals surface area contributed by atoms with Crippen molar-refractivity contribution in [1.29, 1.82) is 0 Å². The van der Waals surface area contributed by atoms with Gasteiger partial charge in [0.15, 0.2) is 0 Å². The molecule has 33 heavy (non-hydrogen) atoms. The summed E-state index contributed by atoms with van der Waals surface area (Å²) in [4.78, 5) is 112. The Labute approximate surface area is 350 Å². The fraction of sp³-hybridized carbons (Fsp3) is 0. The summed E-state index contributed by atoms with van der Waals surface area (Å²) in [6.45, 7) is 0. The summed E-state index contributed by atoms with van der Waals surface area (Å²) in [5.41, 5.74) is 0. The van der Waals surface area contributed by atoms with Crippen LogP contribution in [-0.2, 0) is 40.3 Å². The summed E-state index contributed by atoms with van der Waals surface area (Å²) >= 11 is 0. The van der Waals surface area contributed by atoms with E-state index in [0.717, 1.165) is 0 Å². The molecule has 0 unspecified atom stereocenters. The maximum atomic E-state index is 9.32. The Morgan fingerprint density at radius 2 is 0.394 bits per heavy atom. The van der Waals surface area contributed by atoms with E-state index in [4.69, 9.17) is 0 Å². The second-order valence-corrected chi connectivity index (χ2v) is 10.3. The Balaban J connectivity index is -0.0000000343. The van der Waals surface area contributed by atoms with Gasteiger partial charge in [0.1, 0.15) is 0 Å². The summed E-state index contributed by atoms with van der Waals surface area (Å²) in [6.07, 6.45) is 0. The minimum Gasteiger partial charge on any atom is -0.790 e. The zero-order valence-corrected chi connectivity index (χ0v) is 35.1. The molecular formula is Ca2Mg2O21P6Sr2. The van der Waals surface area contributed by atoms with Gasteiger partial charge in [0.2, 0.25) is 0 Å². The van der Waals surface area contributed by atoms with E-state index in [9.17, 15) is 86.1 Å². The van der Waals surface area contributed by atoms with E-state index in [1.807, 2.05) is 0 Å². The van der Waals surface area contributed by atoms with Crippen molar-refractivity contribution in [3.63, 3.8) is 0 Å². The van der Waals surface area contributed by atoms with Gasteiger partial charge in [-0.25, -0.2) is 0 Å². The van der Waals surface area contributed by atoms with Gasteiger partial charge in [-0.1, -0.05) is 0 Å². The van der Waals surface area contributed by atoms with E-state index >= 15 is 0 Å². The topological polar surface area (TPSA) is 407 Å². The van der Waals surface area contributed by atoms with Crippen molar-refractivity contribution in [2.45, 2.75) is 0 Å². The maximum absolute atomic E-state index is 9.32. The second-order valence-electron chi connectivity index (χ2n) is 2.93. The predicted octanol–water partition coefficient (Wildman–Crippen LogP) is -12.3. The first-order valence-electron chi connectivity index (χ1n) is 4.38. The Morgan fingerprint density at radius 3 is 0.394 bits per heavy atom. The normalized spacial score (nSPS) is 11.3. The third-order valence-corrected chi connectivity index (χ3v) is 5.40. The molecule has 33 heteroatoms. The van der Waals surface area contributed by atoms with Crippen LogP contribution in [0.15, 0.2) is 0 Å². The van der Waals surface area contributed by atoms with Crippen LogP contribution in [0.2, 0.25) is 0 Å². The standard InChI is InChI=1S/2Ca.2Mg.3H4O7P2.2Sr/c;;;;3*1-8(2,3)7-9(4,5)6;;/h;;;;3*(H2,1,2,3)(H2,4,5,6);;/q4*+2;;;;2*+2/p-12. The summed E-state index contributed by atoms with van der Waals surface area (Å²) in [7, 11) is -34.1. The minimum atomic E-state index is -5.68. The quantitative estimate of drug-likeness (QED) is 0.177. The van der Waals surface area contributed by atoms with Gasteiger partial charge in [0.25, 0.3) is 0 Å². The molecule has 0 aromatic rings. The number of hydrogen-bond donors (Lipinski definition) is 0. The molecule has 0 aliphatic rings. The molecule has 0 aromatic heterocycles. The summed E-state index contributed by atoms with van der Waals surface area (Å²) in [5, 5.41) is 0. The van der Waals surface area contributed by atoms with Gasteiger partial charge < -0.3 is 99.0 Å². The SMILES string of the molecule is O=P([O-])([O-])OP(=O)([O-])[O-].O=P([O-])([O-])OP(=O)([O-])[O-].O=P([O-])([O-])OP(=O)([O-])[O-].[Ca+2].[Ca+2].[Mg+2].[Mg+2].[Sr+2].[Sr+2]. The van der Waals surface area contributed by atoms with Crippen LogP contribution in [0.1, 0.15) is 0 Å². The Bertz CT molecular complexity index is 574. The molecule has 0 atom stereocenters. The predicted molar refractivity (Wildman–Crippen MR) is 83.4 cm³/mol. The molecule has 0 saturated carbocycles. The molecule has 0 aromatic carbocycles. The molecule has 0 aliphatic heterocycles. The molecule has 0 bridgehead atoms. The average Bonchev–Trinajstić information content (AvgIpc) is 1.96. The number of phosphoric acid groups is 6. The van der Waals surface area contributed by atoms with Crippen LogP contribution in [0.3, 0.4) is 0 Å². The van der Waals surface area contributed by atoms with Crippen LogP contribution in [0.25, 0.3) is 0 Å². The van der Waals surface area contributed by atoms with Gasteiger partial charge in [0.05, 0.1) is 46.9 Å². The van der Waals surface area contributed by atoms with Gasteiger partial charge in [-0.05, 0) is 0 Å². The van der Waals surface area contributed by atoms with Crippen molar-refractivity contribution in [3.8, 4) is 0 Å². The molecule has 168 valence electrons. The third-order valence-electron chi connectivity index (χ3n) is 0.600. The molecular weight excluding hydrogens is 826 g/mol. The molecule has 21 nitrogen and oxygen atoms in total. The summed E-state index contributed by atoms with van der Waals surface area (Å²) in [5.74, 6) is 0. The first kappa shape index (κ1) is 63.9. The van der Waals surface area contributed by atoms with E-state index in [0.29, 0.717) is 0 Å². The van der Waals surface area contributed by atoms with Crippen LogP contribution in [0, 0.1) is 0 Å². The average molecular weight is 826 g/mol. The molecule has 0 aliphatic carbocycles. The van der Waals surface area contributed by atoms with Crippen LogP contribution >= 0.6 is 46.9 Å². The van der Waals surface area contributed by atoms with Gasteiger partial charge in [-0.2, -0.15) is 0 Å². The molecule has 0 heterocycles. The Morgan fingerprint density at radius 1 is 0.333 bits per heavy atom. The van der Waals surface area contributed by atoms with Gasteiger partial charge in [-0.3, -0.25) is 0 Å². The monoisotopic (exact) mass is 825 g/mol. The largest absolute Gasteiger partial charge is 2.00 e. The van der Waals surface area contributed by atoms with Crippen LogP contribution in [-0.4, -0.2) is 213 Å². The van der Waals surface area contributed by atoms with Crippen LogP contribution in [0.5, 0.6) is 0 Å². The molecule has 0 spiro atoms. The zero-order valence-electron chi connectivity index (χ0n) is 15.5. The zero-order chi connectivity index (χ0) is 23.1. The van der Waals surface area contributed by atoms with Crippen molar-refractivity contribution in [1.82, 2.24) is 0 Å². The number of rotatable bonds is 6. The van der Waals surface area contributed by atoms with Crippen molar-refractivity contribution in [2.24, 2.45) is 0 Å². The van der Waals surface area contributed by atoms with E-state index in [2.05, 4.69) is 12.9 Å². The van der Waals surface area contributed by atoms with Gasteiger partial charge >= 0.3 is 213 Å². The van der Waals surface area contributed by atoms with Crippen molar-refractivity contribution in [3.05, 3.63) is 0 Å². The van der Waals surface area contributed by atoms with E-state index in [1.165, 1.54) is 0 Å². The summed E-state index contributed by atoms with van der Waals surface area (Å²) in [6, 6.07) is 0. The van der Waals surface area contributed by atoms with Gasteiger partial charge in [-0.15, -0.1) is 0 Å². The fourth-order valence-electron chi connectivity index (χ4n) is 0.367. The molecule has 0 amide bonds. The van der Waals surface area contributed by atoms with Gasteiger partial charge in [0, 0.05) is 0 Å². The fourth-order valence-corrected chi connectivity index (χ4v) is 3.31. The molecule has 0 rings (SSSR count). The van der Waals surface area contributed by atoms with Crippen molar-refractivity contribution >= 4 is 259 Å². The smallest absolute Gasteiger partial charge is 0.790 e. The molecule has 0 N–H and O–H groups in total.